The lowest BCUT2D eigenvalue weighted by molar-refractivity contribution is -0.126. The van der Waals surface area contributed by atoms with Gasteiger partial charge in [0, 0.05) is 18.5 Å². The molecule has 0 bridgehead atoms. The molecule has 2 heterocycles. The molecule has 2 N–H and O–H groups in total. The van der Waals surface area contributed by atoms with Gasteiger partial charge in [0.05, 0.1) is 0 Å². The highest BCUT2D eigenvalue weighted by molar-refractivity contribution is 7.07. The van der Waals surface area contributed by atoms with Crippen molar-refractivity contribution in [3.8, 4) is 0 Å². The number of carbonyl (C=O) groups is 1. The number of amides is 1. The summed E-state index contributed by atoms with van der Waals surface area (Å²) in [5.41, 5.74) is 1.31. The van der Waals surface area contributed by atoms with Crippen molar-refractivity contribution >= 4 is 29.7 Å². The van der Waals surface area contributed by atoms with Gasteiger partial charge in [-0.15, -0.1) is 12.4 Å². The van der Waals surface area contributed by atoms with Crippen LogP contribution in [0, 0.1) is 5.92 Å². The van der Waals surface area contributed by atoms with Gasteiger partial charge in [-0.3, -0.25) is 4.79 Å². The molecule has 0 saturated carbocycles. The normalized spacial score (nSPS) is 23.2. The minimum absolute atomic E-state index is 0. The van der Waals surface area contributed by atoms with Crippen LogP contribution in [0.25, 0.3) is 0 Å². The molecule has 0 aliphatic carbocycles. The van der Waals surface area contributed by atoms with Crippen LogP contribution in [0.3, 0.4) is 0 Å². The second kappa shape index (κ2) is 7.77. The molecule has 0 unspecified atom stereocenters. The van der Waals surface area contributed by atoms with Crippen molar-refractivity contribution in [3.05, 3.63) is 22.4 Å². The molecule has 5 heteroatoms. The number of rotatable bonds is 4. The molecule has 0 radical (unpaired) electrons. The summed E-state index contributed by atoms with van der Waals surface area (Å²) in [7, 11) is 0. The van der Waals surface area contributed by atoms with E-state index in [-0.39, 0.29) is 24.2 Å². The van der Waals surface area contributed by atoms with Crippen LogP contribution in [0.2, 0.25) is 0 Å². The summed E-state index contributed by atoms with van der Waals surface area (Å²) in [6.07, 6.45) is 2.87. The van der Waals surface area contributed by atoms with Crippen LogP contribution in [0.4, 0.5) is 0 Å². The highest BCUT2D eigenvalue weighted by Crippen LogP contribution is 2.16. The van der Waals surface area contributed by atoms with Crippen LogP contribution in [0.15, 0.2) is 16.8 Å². The number of nitrogens with one attached hydrogen (secondary N) is 2. The average Bonchev–Trinajstić information content (AvgIpc) is 2.82. The molecule has 1 aromatic rings. The SMILES string of the molecule is C[C@H]1C[C@@H](C(=O)NCCc2ccsc2)CCN1.Cl. The van der Waals surface area contributed by atoms with Crippen LogP contribution in [-0.2, 0) is 11.2 Å². The van der Waals surface area contributed by atoms with E-state index in [1.807, 2.05) is 0 Å². The maximum atomic E-state index is 11.9. The van der Waals surface area contributed by atoms with Gasteiger partial charge < -0.3 is 10.6 Å². The summed E-state index contributed by atoms with van der Waals surface area (Å²) < 4.78 is 0. The summed E-state index contributed by atoms with van der Waals surface area (Å²) in [5, 5.41) is 10.6. The first-order valence-corrected chi connectivity index (χ1v) is 7.22. The predicted molar refractivity (Wildman–Crippen MR) is 78.5 cm³/mol. The summed E-state index contributed by atoms with van der Waals surface area (Å²) in [4.78, 5) is 11.9. The predicted octanol–water partition coefficient (Wildman–Crippen LogP) is 2.22. The van der Waals surface area contributed by atoms with E-state index in [1.54, 1.807) is 11.3 Å². The van der Waals surface area contributed by atoms with Crippen molar-refractivity contribution in [1.82, 2.24) is 10.6 Å². The Hall–Kier alpha value is -0.580. The van der Waals surface area contributed by atoms with Gasteiger partial charge in [0.1, 0.15) is 0 Å². The van der Waals surface area contributed by atoms with Gasteiger partial charge in [-0.1, -0.05) is 0 Å². The standard InChI is InChI=1S/C13H20N2OS.ClH/c1-10-8-12(3-6-14-10)13(16)15-5-2-11-4-7-17-9-11;/h4,7,9-10,12,14H,2-3,5-6,8H2,1H3,(H,15,16);1H/t10-,12-;/m0./s1. The first-order valence-electron chi connectivity index (χ1n) is 6.28. The Morgan fingerprint density at radius 1 is 1.61 bits per heavy atom. The average molecular weight is 289 g/mol. The molecule has 1 saturated heterocycles. The van der Waals surface area contributed by atoms with Crippen LogP contribution in [0.1, 0.15) is 25.3 Å². The number of piperidine rings is 1. The largest absolute Gasteiger partial charge is 0.356 e. The smallest absolute Gasteiger partial charge is 0.223 e. The summed E-state index contributed by atoms with van der Waals surface area (Å²) in [5.74, 6) is 0.433. The maximum absolute atomic E-state index is 11.9. The first kappa shape index (κ1) is 15.5. The Labute approximate surface area is 119 Å². The van der Waals surface area contributed by atoms with Crippen LogP contribution in [-0.4, -0.2) is 25.0 Å². The van der Waals surface area contributed by atoms with E-state index in [0.29, 0.717) is 6.04 Å². The van der Waals surface area contributed by atoms with Gasteiger partial charge in [0.2, 0.25) is 5.91 Å². The fraction of sp³-hybridized carbons (Fsp3) is 0.615. The molecule has 3 nitrogen and oxygen atoms in total. The zero-order chi connectivity index (χ0) is 12.1. The Bertz CT molecular complexity index is 356. The zero-order valence-electron chi connectivity index (χ0n) is 10.6. The van der Waals surface area contributed by atoms with Gasteiger partial charge in [-0.25, -0.2) is 0 Å². The number of halogens is 1. The fourth-order valence-electron chi connectivity index (χ4n) is 2.28. The zero-order valence-corrected chi connectivity index (χ0v) is 12.3. The molecule has 1 amide bonds. The van der Waals surface area contributed by atoms with Gasteiger partial charge in [-0.05, 0) is 55.1 Å². The number of carbonyl (C=O) groups excluding carboxylic acids is 1. The Kier molecular flexibility index (Phi) is 6.68. The number of thiophene rings is 1. The molecule has 1 aromatic heterocycles. The van der Waals surface area contributed by atoms with E-state index >= 15 is 0 Å². The number of hydrogen-bond donors (Lipinski definition) is 2. The Morgan fingerprint density at radius 3 is 3.11 bits per heavy atom. The van der Waals surface area contributed by atoms with E-state index in [2.05, 4.69) is 34.4 Å². The monoisotopic (exact) mass is 288 g/mol. The molecular weight excluding hydrogens is 268 g/mol. The highest BCUT2D eigenvalue weighted by Gasteiger charge is 2.24. The molecule has 0 spiro atoms. The molecule has 102 valence electrons. The minimum Gasteiger partial charge on any atom is -0.356 e. The Morgan fingerprint density at radius 2 is 2.44 bits per heavy atom. The lowest BCUT2D eigenvalue weighted by Gasteiger charge is -2.27. The highest BCUT2D eigenvalue weighted by atomic mass is 35.5. The van der Waals surface area contributed by atoms with E-state index in [0.717, 1.165) is 32.4 Å². The van der Waals surface area contributed by atoms with Gasteiger partial charge >= 0.3 is 0 Å². The molecule has 1 aliphatic heterocycles. The van der Waals surface area contributed by atoms with E-state index < -0.39 is 0 Å². The van der Waals surface area contributed by atoms with Crippen LogP contribution < -0.4 is 10.6 Å². The van der Waals surface area contributed by atoms with Crippen LogP contribution in [0.5, 0.6) is 0 Å². The number of hydrogen-bond acceptors (Lipinski definition) is 3. The Balaban J connectivity index is 0.00000162. The molecule has 18 heavy (non-hydrogen) atoms. The third-order valence-electron chi connectivity index (χ3n) is 3.29. The summed E-state index contributed by atoms with van der Waals surface area (Å²) in [6.45, 7) is 3.86. The first-order chi connectivity index (χ1) is 8.25. The maximum Gasteiger partial charge on any atom is 0.223 e. The topological polar surface area (TPSA) is 41.1 Å². The van der Waals surface area contributed by atoms with Crippen molar-refractivity contribution in [3.63, 3.8) is 0 Å². The van der Waals surface area contributed by atoms with Crippen molar-refractivity contribution < 1.29 is 4.79 Å². The lowest BCUT2D eigenvalue weighted by atomic mass is 9.92. The molecule has 1 fully saturated rings. The molecule has 2 atom stereocenters. The van der Waals surface area contributed by atoms with Crippen LogP contribution >= 0.6 is 23.7 Å². The van der Waals surface area contributed by atoms with E-state index in [4.69, 9.17) is 0 Å². The van der Waals surface area contributed by atoms with Crippen molar-refractivity contribution in [1.29, 1.82) is 0 Å². The molecule has 1 aliphatic rings. The minimum atomic E-state index is 0. The summed E-state index contributed by atoms with van der Waals surface area (Å²) in [6, 6.07) is 2.58. The fourth-order valence-corrected chi connectivity index (χ4v) is 2.98. The van der Waals surface area contributed by atoms with Gasteiger partial charge in [-0.2, -0.15) is 11.3 Å². The molecule has 0 aromatic carbocycles. The quantitative estimate of drug-likeness (QED) is 0.892. The second-order valence-corrected chi connectivity index (χ2v) is 5.53. The second-order valence-electron chi connectivity index (χ2n) is 4.75. The van der Waals surface area contributed by atoms with Crippen molar-refractivity contribution in [2.45, 2.75) is 32.2 Å². The third kappa shape index (κ3) is 4.59. The van der Waals surface area contributed by atoms with Crippen molar-refractivity contribution in [2.24, 2.45) is 5.92 Å². The molecular formula is C13H21ClN2OS. The van der Waals surface area contributed by atoms with E-state index in [9.17, 15) is 4.79 Å². The third-order valence-corrected chi connectivity index (χ3v) is 4.02. The van der Waals surface area contributed by atoms with Gasteiger partial charge in [0.25, 0.3) is 0 Å². The van der Waals surface area contributed by atoms with Gasteiger partial charge in [0.15, 0.2) is 0 Å². The van der Waals surface area contributed by atoms with E-state index in [1.165, 1.54) is 5.56 Å². The summed E-state index contributed by atoms with van der Waals surface area (Å²) >= 11 is 1.71. The van der Waals surface area contributed by atoms with Crippen molar-refractivity contribution in [2.75, 3.05) is 13.1 Å². The molecule has 2 rings (SSSR count). The lowest BCUT2D eigenvalue weighted by Crippen LogP contribution is -2.42.